The van der Waals surface area contributed by atoms with E-state index in [1.54, 1.807) is 11.8 Å². The monoisotopic (exact) mass is 400 g/mol. The lowest BCUT2D eigenvalue weighted by Crippen LogP contribution is -2.49. The van der Waals surface area contributed by atoms with E-state index in [-0.39, 0.29) is 18.1 Å². The fourth-order valence-corrected chi connectivity index (χ4v) is 3.85. The van der Waals surface area contributed by atoms with E-state index in [2.05, 4.69) is 21.5 Å². The molecule has 3 rings (SSSR count). The Hall–Kier alpha value is -2.12. The van der Waals surface area contributed by atoms with Crippen LogP contribution in [0.3, 0.4) is 0 Å². The number of amides is 1. The maximum Gasteiger partial charge on any atom is 0.245 e. The Labute approximate surface area is 171 Å². The van der Waals surface area contributed by atoms with Crippen LogP contribution in [0.4, 0.5) is 5.95 Å². The van der Waals surface area contributed by atoms with Gasteiger partial charge >= 0.3 is 0 Å². The zero-order valence-electron chi connectivity index (χ0n) is 16.7. The van der Waals surface area contributed by atoms with Crippen molar-refractivity contribution in [3.05, 3.63) is 53.3 Å². The molecule has 7 heteroatoms. The lowest BCUT2D eigenvalue weighted by atomic mass is 10.1. The minimum atomic E-state index is -0.344. The zero-order valence-corrected chi connectivity index (χ0v) is 17.5. The first-order valence-corrected chi connectivity index (χ1v) is 11.0. The first kappa shape index (κ1) is 20.6. The van der Waals surface area contributed by atoms with E-state index in [0.29, 0.717) is 25.6 Å². The van der Waals surface area contributed by atoms with E-state index in [0.717, 1.165) is 29.1 Å². The summed E-state index contributed by atoms with van der Waals surface area (Å²) >= 11 is 1.73. The summed E-state index contributed by atoms with van der Waals surface area (Å²) in [5.41, 5.74) is 2.88. The smallest absolute Gasteiger partial charge is 0.245 e. The first-order valence-electron chi connectivity index (χ1n) is 9.60. The second-order valence-electron chi connectivity index (χ2n) is 7.01. The summed E-state index contributed by atoms with van der Waals surface area (Å²) in [7, 11) is 0. The van der Waals surface area contributed by atoms with Crippen LogP contribution in [-0.2, 0) is 9.53 Å². The molecule has 1 aromatic heterocycles. The summed E-state index contributed by atoms with van der Waals surface area (Å²) in [5, 5.41) is 3.28. The average molecular weight is 401 g/mol. The Morgan fingerprint density at radius 1 is 1.29 bits per heavy atom. The highest BCUT2D eigenvalue weighted by Gasteiger charge is 2.30. The van der Waals surface area contributed by atoms with Gasteiger partial charge in [-0.05, 0) is 43.9 Å². The molecule has 2 aromatic rings. The maximum absolute atomic E-state index is 13.3. The Morgan fingerprint density at radius 3 is 2.68 bits per heavy atom. The summed E-state index contributed by atoms with van der Waals surface area (Å²) in [6.07, 6.45) is 2.69. The number of carbonyl (C=O) groups is 1. The number of aryl methyl sites for hydroxylation is 2. The van der Waals surface area contributed by atoms with Gasteiger partial charge in [-0.15, -0.1) is 0 Å². The Kier molecular flexibility index (Phi) is 7.28. The van der Waals surface area contributed by atoms with E-state index in [1.807, 2.05) is 55.1 Å². The fraction of sp³-hybridized carbons (Fsp3) is 0.476. The standard InChI is InChI=1S/C21H28N4O2S/c1-15-13-16(2)23-21(22-15)24-18(9-12-28-3)20(26)25-10-11-27-19(14-25)17-7-5-4-6-8-17/h4-8,13,18-19H,9-12,14H2,1-3H3,(H,22,23,24)/t18-,19-/m1/s1. The van der Waals surface area contributed by atoms with Gasteiger partial charge in [0, 0.05) is 17.9 Å². The van der Waals surface area contributed by atoms with Crippen molar-refractivity contribution >= 4 is 23.6 Å². The van der Waals surface area contributed by atoms with Crippen molar-refractivity contribution < 1.29 is 9.53 Å². The topological polar surface area (TPSA) is 67.4 Å². The molecule has 1 N–H and O–H groups in total. The quantitative estimate of drug-likeness (QED) is 0.770. The number of nitrogens with one attached hydrogen (secondary N) is 1. The van der Waals surface area contributed by atoms with Crippen LogP contribution in [-0.4, -0.2) is 58.5 Å². The molecule has 2 atom stereocenters. The van der Waals surface area contributed by atoms with Crippen molar-refractivity contribution in [2.75, 3.05) is 37.0 Å². The number of aromatic nitrogens is 2. The van der Waals surface area contributed by atoms with Gasteiger partial charge in [0.1, 0.15) is 12.1 Å². The number of morpholine rings is 1. The van der Waals surface area contributed by atoms with Gasteiger partial charge in [0.15, 0.2) is 0 Å². The number of anilines is 1. The van der Waals surface area contributed by atoms with Crippen molar-refractivity contribution in [1.82, 2.24) is 14.9 Å². The normalized spacial score (nSPS) is 18.0. The summed E-state index contributed by atoms with van der Waals surface area (Å²) in [5.74, 6) is 1.49. The van der Waals surface area contributed by atoms with Gasteiger partial charge in [0.25, 0.3) is 0 Å². The molecule has 0 radical (unpaired) electrons. The molecule has 0 spiro atoms. The minimum Gasteiger partial charge on any atom is -0.370 e. The number of hydrogen-bond donors (Lipinski definition) is 1. The van der Waals surface area contributed by atoms with Gasteiger partial charge in [-0.2, -0.15) is 11.8 Å². The highest BCUT2D eigenvalue weighted by molar-refractivity contribution is 7.98. The SMILES string of the molecule is CSCC[C@@H](Nc1nc(C)cc(C)n1)C(=O)N1CCO[C@@H](c2ccccc2)C1. The predicted octanol–water partition coefficient (Wildman–Crippen LogP) is 3.23. The maximum atomic E-state index is 13.3. The van der Waals surface area contributed by atoms with Crippen molar-refractivity contribution in [2.24, 2.45) is 0 Å². The van der Waals surface area contributed by atoms with Crippen LogP contribution < -0.4 is 5.32 Å². The van der Waals surface area contributed by atoms with Gasteiger partial charge in [-0.3, -0.25) is 4.79 Å². The number of ether oxygens (including phenoxy) is 1. The molecule has 1 saturated heterocycles. The summed E-state index contributed by atoms with van der Waals surface area (Å²) in [4.78, 5) is 24.1. The average Bonchev–Trinajstić information content (AvgIpc) is 2.70. The Morgan fingerprint density at radius 2 is 2.00 bits per heavy atom. The van der Waals surface area contributed by atoms with Gasteiger partial charge in [-0.1, -0.05) is 30.3 Å². The molecule has 28 heavy (non-hydrogen) atoms. The van der Waals surface area contributed by atoms with E-state index in [9.17, 15) is 4.79 Å². The summed E-state index contributed by atoms with van der Waals surface area (Å²) in [6.45, 7) is 5.58. The third-order valence-electron chi connectivity index (χ3n) is 4.74. The number of thioether (sulfide) groups is 1. The van der Waals surface area contributed by atoms with Crippen LogP contribution in [0.2, 0.25) is 0 Å². The predicted molar refractivity (Wildman–Crippen MR) is 114 cm³/mol. The molecule has 1 fully saturated rings. The molecule has 1 aromatic carbocycles. The zero-order chi connectivity index (χ0) is 19.9. The number of carbonyl (C=O) groups excluding carboxylic acids is 1. The highest BCUT2D eigenvalue weighted by Crippen LogP contribution is 2.23. The first-order chi connectivity index (χ1) is 13.6. The fourth-order valence-electron chi connectivity index (χ4n) is 3.38. The van der Waals surface area contributed by atoms with Crippen LogP contribution >= 0.6 is 11.8 Å². The third-order valence-corrected chi connectivity index (χ3v) is 5.39. The number of rotatable bonds is 7. The van der Waals surface area contributed by atoms with Crippen molar-refractivity contribution in [2.45, 2.75) is 32.4 Å². The van der Waals surface area contributed by atoms with Crippen LogP contribution in [0.5, 0.6) is 0 Å². The van der Waals surface area contributed by atoms with Gasteiger partial charge in [0.05, 0.1) is 13.2 Å². The molecule has 1 aliphatic rings. The lowest BCUT2D eigenvalue weighted by molar-refractivity contribution is -0.139. The van der Waals surface area contributed by atoms with Crippen LogP contribution in [0.25, 0.3) is 0 Å². The molecule has 2 heterocycles. The molecule has 6 nitrogen and oxygen atoms in total. The summed E-state index contributed by atoms with van der Waals surface area (Å²) in [6, 6.07) is 11.7. The van der Waals surface area contributed by atoms with E-state index >= 15 is 0 Å². The van der Waals surface area contributed by atoms with Gasteiger partial charge in [0.2, 0.25) is 11.9 Å². The largest absolute Gasteiger partial charge is 0.370 e. The van der Waals surface area contributed by atoms with Crippen LogP contribution in [0.1, 0.15) is 29.5 Å². The minimum absolute atomic E-state index is 0.0843. The van der Waals surface area contributed by atoms with Crippen LogP contribution in [0, 0.1) is 13.8 Å². The molecule has 0 unspecified atom stereocenters. The molecule has 1 aliphatic heterocycles. The summed E-state index contributed by atoms with van der Waals surface area (Å²) < 4.78 is 5.91. The van der Waals surface area contributed by atoms with Crippen molar-refractivity contribution in [3.63, 3.8) is 0 Å². The van der Waals surface area contributed by atoms with E-state index in [1.165, 1.54) is 0 Å². The molecular weight excluding hydrogens is 372 g/mol. The van der Waals surface area contributed by atoms with Crippen molar-refractivity contribution in [3.8, 4) is 0 Å². The Balaban J connectivity index is 1.72. The molecular formula is C21H28N4O2S. The number of nitrogens with zero attached hydrogens (tertiary/aromatic N) is 3. The molecule has 1 amide bonds. The molecule has 0 saturated carbocycles. The second kappa shape index (κ2) is 9.89. The Bertz CT molecular complexity index is 767. The number of benzene rings is 1. The number of hydrogen-bond acceptors (Lipinski definition) is 6. The van der Waals surface area contributed by atoms with E-state index in [4.69, 9.17) is 4.74 Å². The molecule has 0 aliphatic carbocycles. The third kappa shape index (κ3) is 5.45. The molecule has 0 bridgehead atoms. The van der Waals surface area contributed by atoms with Crippen LogP contribution in [0.15, 0.2) is 36.4 Å². The highest BCUT2D eigenvalue weighted by atomic mass is 32.2. The van der Waals surface area contributed by atoms with E-state index < -0.39 is 0 Å². The van der Waals surface area contributed by atoms with Gasteiger partial charge < -0.3 is 15.0 Å². The lowest BCUT2D eigenvalue weighted by Gasteiger charge is -2.35. The van der Waals surface area contributed by atoms with Crippen molar-refractivity contribution in [1.29, 1.82) is 0 Å². The van der Waals surface area contributed by atoms with Gasteiger partial charge in [-0.25, -0.2) is 9.97 Å². The second-order valence-corrected chi connectivity index (χ2v) is 7.99. The molecule has 150 valence electrons.